The zero-order valence-corrected chi connectivity index (χ0v) is 16.5. The van der Waals surface area contributed by atoms with Gasteiger partial charge in [-0.3, -0.25) is 9.69 Å². The van der Waals surface area contributed by atoms with Crippen LogP contribution in [0, 0.1) is 5.41 Å². The fourth-order valence-corrected chi connectivity index (χ4v) is 4.29. The van der Waals surface area contributed by atoms with E-state index in [-0.39, 0.29) is 5.78 Å². The number of Topliss-reactive ketones (excluding diaryl/α,β-unsaturated/α-hetero) is 1. The Morgan fingerprint density at radius 2 is 1.74 bits per heavy atom. The minimum Gasteiger partial charge on any atom is -0.443 e. The largest absolute Gasteiger partial charge is 0.443 e. The Morgan fingerprint density at radius 3 is 2.33 bits per heavy atom. The third-order valence-electron chi connectivity index (χ3n) is 5.23. The van der Waals surface area contributed by atoms with Crippen LogP contribution < -0.4 is 4.90 Å². The summed E-state index contributed by atoms with van der Waals surface area (Å²) in [7, 11) is 0. The molecule has 1 amide bonds. The Labute approximate surface area is 164 Å². The Kier molecular flexibility index (Phi) is 4.08. The van der Waals surface area contributed by atoms with Crippen molar-refractivity contribution in [2.75, 3.05) is 11.4 Å². The fourth-order valence-electron chi connectivity index (χ4n) is 4.12. The number of ether oxygens (including phenoxy) is 1. The maximum Gasteiger partial charge on any atom is 0.414 e. The zero-order chi connectivity index (χ0) is 19.4. The lowest BCUT2D eigenvalue weighted by Gasteiger charge is -2.40. The quantitative estimate of drug-likeness (QED) is 0.638. The highest BCUT2D eigenvalue weighted by atomic mass is 35.5. The topological polar surface area (TPSA) is 46.6 Å². The molecular formula is C22H22ClNO3. The number of amides is 1. The molecule has 0 N–H and O–H groups in total. The number of hydrogen-bond acceptors (Lipinski definition) is 3. The van der Waals surface area contributed by atoms with E-state index < -0.39 is 17.1 Å². The molecule has 0 aromatic heterocycles. The number of halogens is 1. The summed E-state index contributed by atoms with van der Waals surface area (Å²) in [4.78, 5) is 28.0. The highest BCUT2D eigenvalue weighted by Gasteiger charge is 2.50. The molecule has 0 unspecified atom stereocenters. The van der Waals surface area contributed by atoms with Gasteiger partial charge in [0.25, 0.3) is 0 Å². The molecule has 0 saturated heterocycles. The van der Waals surface area contributed by atoms with Gasteiger partial charge >= 0.3 is 6.09 Å². The number of carbonyl (C=O) groups excluding carboxylic acids is 2. The molecule has 2 aliphatic rings. The van der Waals surface area contributed by atoms with Gasteiger partial charge in [-0.15, -0.1) is 0 Å². The van der Waals surface area contributed by atoms with Crippen LogP contribution in [0.15, 0.2) is 42.5 Å². The molecule has 4 nitrogen and oxygen atoms in total. The summed E-state index contributed by atoms with van der Waals surface area (Å²) >= 11 is 6.17. The second-order valence-corrected chi connectivity index (χ2v) is 8.90. The molecule has 4 rings (SSSR count). The number of benzene rings is 2. The van der Waals surface area contributed by atoms with Crippen molar-refractivity contribution < 1.29 is 14.3 Å². The van der Waals surface area contributed by atoms with E-state index in [9.17, 15) is 9.59 Å². The first-order chi connectivity index (χ1) is 12.7. The average Bonchev–Trinajstić information content (AvgIpc) is 2.96. The number of hydrogen-bond donors (Lipinski definition) is 0. The van der Waals surface area contributed by atoms with E-state index >= 15 is 0 Å². The molecule has 0 atom stereocenters. The fraction of sp³-hybridized carbons (Fsp3) is 0.364. The summed E-state index contributed by atoms with van der Waals surface area (Å²) in [6, 6.07) is 13.2. The second-order valence-electron chi connectivity index (χ2n) is 8.46. The van der Waals surface area contributed by atoms with Crippen molar-refractivity contribution in [2.45, 2.75) is 39.2 Å². The lowest BCUT2D eigenvalue weighted by atomic mass is 9.74. The summed E-state index contributed by atoms with van der Waals surface area (Å²) in [5, 5.41) is 0.485. The van der Waals surface area contributed by atoms with Crippen molar-refractivity contribution >= 4 is 29.2 Å². The molecule has 0 bridgehead atoms. The van der Waals surface area contributed by atoms with E-state index in [1.54, 1.807) is 23.1 Å². The van der Waals surface area contributed by atoms with Gasteiger partial charge in [-0.05, 0) is 62.9 Å². The van der Waals surface area contributed by atoms with Gasteiger partial charge in [-0.2, -0.15) is 0 Å². The van der Waals surface area contributed by atoms with E-state index in [0.717, 1.165) is 0 Å². The summed E-state index contributed by atoms with van der Waals surface area (Å²) in [5.41, 5.74) is 2.11. The summed E-state index contributed by atoms with van der Waals surface area (Å²) in [5.74, 6) is 0.0519. The Morgan fingerprint density at radius 1 is 1.11 bits per heavy atom. The lowest BCUT2D eigenvalue weighted by molar-refractivity contribution is 0.0547. The maximum absolute atomic E-state index is 13.5. The molecular weight excluding hydrogens is 362 g/mol. The van der Waals surface area contributed by atoms with Crippen LogP contribution >= 0.6 is 11.6 Å². The highest BCUT2D eigenvalue weighted by Crippen LogP contribution is 2.46. The first-order valence-corrected chi connectivity index (χ1v) is 9.48. The molecule has 0 fully saturated rings. The Hall–Kier alpha value is -2.33. The summed E-state index contributed by atoms with van der Waals surface area (Å²) < 4.78 is 5.62. The van der Waals surface area contributed by atoms with Crippen LogP contribution in [0.25, 0.3) is 0 Å². The number of ketones is 1. The van der Waals surface area contributed by atoms with Crippen LogP contribution in [0.3, 0.4) is 0 Å². The standard InChI is InChI=1S/C22H22ClNO3/c1-21(2,3)27-20(26)24-13-22(11-14-6-4-5-7-15(14)12-22)19(25)17-10-16(23)8-9-18(17)24/h4-10H,11-13H2,1-3H3. The Balaban J connectivity index is 1.79. The second kappa shape index (κ2) is 6.10. The first kappa shape index (κ1) is 18.1. The molecule has 1 heterocycles. The van der Waals surface area contributed by atoms with Crippen LogP contribution in [0.4, 0.5) is 10.5 Å². The minimum absolute atomic E-state index is 0.0519. The van der Waals surface area contributed by atoms with Gasteiger partial charge in [0.15, 0.2) is 5.78 Å². The predicted octanol–water partition coefficient (Wildman–Crippen LogP) is 5.06. The van der Waals surface area contributed by atoms with Crippen molar-refractivity contribution in [1.29, 1.82) is 0 Å². The van der Waals surface area contributed by atoms with Crippen LogP contribution in [0.5, 0.6) is 0 Å². The SMILES string of the molecule is CC(C)(C)OC(=O)N1CC2(Cc3ccccc3C2)C(=O)c2cc(Cl)ccc21. The van der Waals surface area contributed by atoms with E-state index in [0.29, 0.717) is 35.7 Å². The van der Waals surface area contributed by atoms with Crippen LogP contribution in [0.2, 0.25) is 5.02 Å². The van der Waals surface area contributed by atoms with Gasteiger partial charge in [-0.25, -0.2) is 4.79 Å². The molecule has 1 spiro atoms. The van der Waals surface area contributed by atoms with Crippen molar-refractivity contribution in [2.24, 2.45) is 5.41 Å². The van der Waals surface area contributed by atoms with Crippen LogP contribution in [0.1, 0.15) is 42.3 Å². The molecule has 2 aromatic carbocycles. The number of anilines is 1. The van der Waals surface area contributed by atoms with E-state index in [1.165, 1.54) is 11.1 Å². The van der Waals surface area contributed by atoms with Crippen molar-refractivity contribution in [3.05, 3.63) is 64.2 Å². The van der Waals surface area contributed by atoms with Gasteiger partial charge in [0.2, 0.25) is 0 Å². The van der Waals surface area contributed by atoms with Crippen molar-refractivity contribution in [3.8, 4) is 0 Å². The van der Waals surface area contributed by atoms with Crippen molar-refractivity contribution in [1.82, 2.24) is 0 Å². The van der Waals surface area contributed by atoms with E-state index in [1.807, 2.05) is 32.9 Å². The molecule has 140 valence electrons. The normalized spacial score (nSPS) is 17.6. The van der Waals surface area contributed by atoms with E-state index in [2.05, 4.69) is 12.1 Å². The van der Waals surface area contributed by atoms with Gasteiger partial charge < -0.3 is 4.74 Å². The molecule has 27 heavy (non-hydrogen) atoms. The zero-order valence-electron chi connectivity index (χ0n) is 15.7. The Bertz CT molecular complexity index is 920. The third kappa shape index (κ3) is 3.12. The number of carbonyl (C=O) groups is 2. The molecule has 5 heteroatoms. The van der Waals surface area contributed by atoms with Crippen molar-refractivity contribution in [3.63, 3.8) is 0 Å². The first-order valence-electron chi connectivity index (χ1n) is 9.10. The molecule has 2 aromatic rings. The maximum atomic E-state index is 13.5. The lowest BCUT2D eigenvalue weighted by Crippen LogP contribution is -2.52. The van der Waals surface area contributed by atoms with E-state index in [4.69, 9.17) is 16.3 Å². The molecule has 0 saturated carbocycles. The minimum atomic E-state index is -0.668. The molecule has 0 radical (unpaired) electrons. The number of fused-ring (bicyclic) bond motifs is 2. The monoisotopic (exact) mass is 383 g/mol. The molecule has 1 aliphatic heterocycles. The van der Waals surface area contributed by atoms with Gasteiger partial charge in [-0.1, -0.05) is 35.9 Å². The smallest absolute Gasteiger partial charge is 0.414 e. The van der Waals surface area contributed by atoms with Gasteiger partial charge in [0.05, 0.1) is 11.1 Å². The summed E-state index contributed by atoms with van der Waals surface area (Å²) in [6.07, 6.45) is 0.800. The number of nitrogens with zero attached hydrogens (tertiary/aromatic N) is 1. The third-order valence-corrected chi connectivity index (χ3v) is 5.46. The van der Waals surface area contributed by atoms with Gasteiger partial charge in [0, 0.05) is 17.1 Å². The van der Waals surface area contributed by atoms with Crippen LogP contribution in [-0.4, -0.2) is 24.0 Å². The average molecular weight is 384 g/mol. The number of rotatable bonds is 0. The summed E-state index contributed by atoms with van der Waals surface area (Å²) in [6.45, 7) is 5.82. The molecule has 1 aliphatic carbocycles. The predicted molar refractivity (Wildman–Crippen MR) is 106 cm³/mol. The highest BCUT2D eigenvalue weighted by molar-refractivity contribution is 6.31. The van der Waals surface area contributed by atoms with Gasteiger partial charge in [0.1, 0.15) is 5.60 Å². The van der Waals surface area contributed by atoms with Crippen LogP contribution in [-0.2, 0) is 17.6 Å².